The number of hydrogen-bond donors (Lipinski definition) is 0. The molecule has 2 heterocycles. The number of ether oxygens (including phenoxy) is 2. The molecule has 1 aromatic carbocycles. The minimum Gasteiger partial charge on any atom is -0.370 e. The van der Waals surface area contributed by atoms with Crippen LogP contribution in [0.3, 0.4) is 0 Å². The van der Waals surface area contributed by atoms with E-state index in [1.165, 1.54) is 9.13 Å². The van der Waals surface area contributed by atoms with Gasteiger partial charge in [-0.15, -0.1) is 11.6 Å². The Bertz CT molecular complexity index is 535. The zero-order valence-corrected chi connectivity index (χ0v) is 15.6. The van der Waals surface area contributed by atoms with E-state index in [0.717, 1.165) is 12.8 Å². The summed E-state index contributed by atoms with van der Waals surface area (Å²) < 4.78 is 13.9. The van der Waals surface area contributed by atoms with Gasteiger partial charge in [0.15, 0.2) is 0 Å². The highest BCUT2D eigenvalue weighted by molar-refractivity contribution is 14.1. The molecule has 0 saturated carbocycles. The van der Waals surface area contributed by atoms with Gasteiger partial charge in [0.1, 0.15) is 0 Å². The molecule has 21 heavy (non-hydrogen) atoms. The van der Waals surface area contributed by atoms with Crippen LogP contribution in [0.5, 0.6) is 0 Å². The van der Waals surface area contributed by atoms with E-state index in [9.17, 15) is 0 Å². The van der Waals surface area contributed by atoms with Crippen LogP contribution in [0, 0.1) is 9.49 Å². The first kappa shape index (κ1) is 16.0. The highest BCUT2D eigenvalue weighted by atomic mass is 127. The van der Waals surface area contributed by atoms with Crippen LogP contribution in [-0.2, 0) is 16.1 Å². The number of halogens is 2. The number of rotatable bonds is 4. The first-order valence-corrected chi connectivity index (χ1v) is 9.08. The molecule has 0 radical (unpaired) electrons. The summed E-state index contributed by atoms with van der Waals surface area (Å²) in [5.41, 5.74) is 0.785. The summed E-state index contributed by atoms with van der Waals surface area (Å²) in [6.07, 6.45) is 1.91. The third-order valence-electron chi connectivity index (χ3n) is 5.10. The molecular formula is C17H22ClIO2. The van der Waals surface area contributed by atoms with E-state index in [0.29, 0.717) is 12.5 Å². The molecular weight excluding hydrogens is 399 g/mol. The Kier molecular flexibility index (Phi) is 4.32. The van der Waals surface area contributed by atoms with E-state index >= 15 is 0 Å². The second kappa shape index (κ2) is 5.66. The van der Waals surface area contributed by atoms with Crippen molar-refractivity contribution in [1.29, 1.82) is 0 Å². The molecule has 2 fully saturated rings. The lowest BCUT2D eigenvalue weighted by Gasteiger charge is -2.35. The van der Waals surface area contributed by atoms with Crippen molar-refractivity contribution < 1.29 is 9.47 Å². The maximum absolute atomic E-state index is 6.58. The molecule has 0 aromatic heterocycles. The lowest BCUT2D eigenvalue weighted by Crippen LogP contribution is -2.45. The molecule has 3 rings (SSSR count). The molecule has 2 saturated heterocycles. The Labute approximate surface area is 145 Å². The van der Waals surface area contributed by atoms with Crippen LogP contribution in [0.25, 0.3) is 0 Å². The van der Waals surface area contributed by atoms with Gasteiger partial charge in [-0.2, -0.15) is 0 Å². The van der Waals surface area contributed by atoms with Crippen LogP contribution in [0.4, 0.5) is 0 Å². The molecule has 0 N–H and O–H groups in total. The number of fused-ring (bicyclic) bond motifs is 2. The monoisotopic (exact) mass is 420 g/mol. The topological polar surface area (TPSA) is 18.5 Å². The van der Waals surface area contributed by atoms with Crippen LogP contribution < -0.4 is 0 Å². The molecule has 116 valence electrons. The maximum atomic E-state index is 6.58. The minimum atomic E-state index is -0.239. The largest absolute Gasteiger partial charge is 0.370 e. The Morgan fingerprint density at radius 1 is 1.38 bits per heavy atom. The third kappa shape index (κ3) is 2.64. The number of hydrogen-bond acceptors (Lipinski definition) is 2. The molecule has 2 bridgehead atoms. The lowest BCUT2D eigenvalue weighted by atomic mass is 9.75. The fourth-order valence-corrected chi connectivity index (χ4v) is 4.93. The molecule has 4 atom stereocenters. The van der Waals surface area contributed by atoms with Crippen molar-refractivity contribution in [3.8, 4) is 0 Å². The zero-order valence-electron chi connectivity index (χ0n) is 12.7. The van der Waals surface area contributed by atoms with Gasteiger partial charge in [0, 0.05) is 9.99 Å². The predicted octanol–water partition coefficient (Wildman–Crippen LogP) is 4.76. The molecule has 4 unspecified atom stereocenters. The van der Waals surface area contributed by atoms with Gasteiger partial charge in [0.05, 0.1) is 29.3 Å². The van der Waals surface area contributed by atoms with E-state index in [1.807, 2.05) is 0 Å². The van der Waals surface area contributed by atoms with Crippen LogP contribution >= 0.6 is 34.2 Å². The average molecular weight is 421 g/mol. The highest BCUT2D eigenvalue weighted by Gasteiger charge is 2.65. The normalized spacial score (nSPS) is 38.4. The second-order valence-corrected chi connectivity index (χ2v) is 8.48. The first-order valence-electron chi connectivity index (χ1n) is 7.57. The standard InChI is InChI=1S/C17H22ClIO2/c1-11(2)17-9-15(16(3,21-17)8-14(17)18)20-10-12-6-4-5-7-13(12)19/h4-7,11,14-15H,8-10H2,1-3H3. The minimum absolute atomic E-state index is 0.0965. The molecule has 0 aliphatic carbocycles. The highest BCUT2D eigenvalue weighted by Crippen LogP contribution is 2.57. The summed E-state index contributed by atoms with van der Waals surface area (Å²) >= 11 is 8.93. The van der Waals surface area contributed by atoms with Gasteiger partial charge >= 0.3 is 0 Å². The summed E-state index contributed by atoms with van der Waals surface area (Å²) in [6, 6.07) is 8.35. The Morgan fingerprint density at radius 2 is 2.10 bits per heavy atom. The Hall–Kier alpha value is 0.160. The summed E-state index contributed by atoms with van der Waals surface area (Å²) in [6.45, 7) is 7.19. The van der Waals surface area contributed by atoms with E-state index < -0.39 is 0 Å². The van der Waals surface area contributed by atoms with Crippen LogP contribution in [0.1, 0.15) is 39.2 Å². The molecule has 4 heteroatoms. The van der Waals surface area contributed by atoms with Crippen LogP contribution in [-0.4, -0.2) is 22.7 Å². The lowest BCUT2D eigenvalue weighted by molar-refractivity contribution is -0.0958. The van der Waals surface area contributed by atoms with E-state index in [-0.39, 0.29) is 22.7 Å². The third-order valence-corrected chi connectivity index (χ3v) is 6.67. The zero-order chi connectivity index (χ0) is 15.3. The molecule has 2 aliphatic heterocycles. The summed E-state index contributed by atoms with van der Waals surface area (Å²) in [5.74, 6) is 0.410. The van der Waals surface area contributed by atoms with Crippen molar-refractivity contribution in [3.05, 3.63) is 33.4 Å². The summed E-state index contributed by atoms with van der Waals surface area (Å²) in [5, 5.41) is 0.0965. The van der Waals surface area contributed by atoms with Gasteiger partial charge < -0.3 is 9.47 Å². The molecule has 2 nitrogen and oxygen atoms in total. The SMILES string of the molecule is CC(C)C12CC(OCc3ccccc3I)C(C)(CC1Cl)O2. The van der Waals surface area contributed by atoms with Gasteiger partial charge in [-0.05, 0) is 53.5 Å². The molecule has 0 spiro atoms. The fraction of sp³-hybridized carbons (Fsp3) is 0.647. The maximum Gasteiger partial charge on any atom is 0.0939 e. The second-order valence-electron chi connectivity index (χ2n) is 6.79. The van der Waals surface area contributed by atoms with E-state index in [1.54, 1.807) is 0 Å². The Balaban J connectivity index is 1.73. The van der Waals surface area contributed by atoms with E-state index in [2.05, 4.69) is 67.6 Å². The predicted molar refractivity (Wildman–Crippen MR) is 93.7 cm³/mol. The van der Waals surface area contributed by atoms with Crippen molar-refractivity contribution in [2.75, 3.05) is 0 Å². The smallest absolute Gasteiger partial charge is 0.0939 e. The van der Waals surface area contributed by atoms with Gasteiger partial charge in [-0.25, -0.2) is 0 Å². The van der Waals surface area contributed by atoms with Crippen molar-refractivity contribution in [3.63, 3.8) is 0 Å². The van der Waals surface area contributed by atoms with Gasteiger partial charge in [0.2, 0.25) is 0 Å². The van der Waals surface area contributed by atoms with Crippen molar-refractivity contribution in [2.24, 2.45) is 5.92 Å². The quantitative estimate of drug-likeness (QED) is 0.516. The van der Waals surface area contributed by atoms with Gasteiger partial charge in [0.25, 0.3) is 0 Å². The summed E-state index contributed by atoms with van der Waals surface area (Å²) in [4.78, 5) is 0. The number of benzene rings is 1. The van der Waals surface area contributed by atoms with Crippen LogP contribution in [0.2, 0.25) is 0 Å². The van der Waals surface area contributed by atoms with Crippen molar-refractivity contribution >= 4 is 34.2 Å². The van der Waals surface area contributed by atoms with Crippen LogP contribution in [0.15, 0.2) is 24.3 Å². The first-order chi connectivity index (χ1) is 9.87. The fourth-order valence-electron chi connectivity index (χ4n) is 3.70. The molecule has 2 aliphatic rings. The van der Waals surface area contributed by atoms with Gasteiger partial charge in [-0.3, -0.25) is 0 Å². The Morgan fingerprint density at radius 3 is 2.71 bits per heavy atom. The average Bonchev–Trinajstić information content (AvgIpc) is 2.86. The molecule has 0 amide bonds. The summed E-state index contributed by atoms with van der Waals surface area (Å²) in [7, 11) is 0. The van der Waals surface area contributed by atoms with Gasteiger partial charge in [-0.1, -0.05) is 32.0 Å². The van der Waals surface area contributed by atoms with E-state index in [4.69, 9.17) is 21.1 Å². The van der Waals surface area contributed by atoms with Crippen molar-refractivity contribution in [1.82, 2.24) is 0 Å². The molecule has 1 aromatic rings. The van der Waals surface area contributed by atoms with Crippen molar-refractivity contribution in [2.45, 2.75) is 62.9 Å². The number of alkyl halides is 1.